The van der Waals surface area contributed by atoms with Gasteiger partial charge in [-0.1, -0.05) is 12.1 Å². The topological polar surface area (TPSA) is 46.6 Å². The molecule has 1 amide bonds. The molecular weight excluding hydrogens is 309 g/mol. The Bertz CT molecular complexity index is 849. The van der Waals surface area contributed by atoms with Crippen LogP contribution in [0.3, 0.4) is 0 Å². The molecule has 5 heteroatoms. The first-order valence-electron chi connectivity index (χ1n) is 7.90. The fraction of sp³-hybridized carbons (Fsp3) is 0.211. The zero-order chi connectivity index (χ0) is 16.5. The van der Waals surface area contributed by atoms with E-state index < -0.39 is 0 Å². The largest absolute Gasteiger partial charge is 0.467 e. The van der Waals surface area contributed by atoms with Crippen LogP contribution in [0.5, 0.6) is 0 Å². The first kappa shape index (κ1) is 14.8. The quantitative estimate of drug-likeness (QED) is 0.694. The molecule has 1 saturated carbocycles. The van der Waals surface area contributed by atoms with E-state index in [0.29, 0.717) is 17.9 Å². The van der Waals surface area contributed by atoms with Crippen LogP contribution in [0.15, 0.2) is 63.6 Å². The summed E-state index contributed by atoms with van der Waals surface area (Å²) in [5.74, 6) is 0.727. The van der Waals surface area contributed by atoms with Crippen molar-refractivity contribution in [3.8, 4) is 11.3 Å². The number of halogens is 1. The molecule has 3 aromatic rings. The van der Waals surface area contributed by atoms with Gasteiger partial charge in [0, 0.05) is 6.04 Å². The summed E-state index contributed by atoms with van der Waals surface area (Å²) in [4.78, 5) is 14.5. The molecule has 122 valence electrons. The molecular formula is C19H16FNO3. The van der Waals surface area contributed by atoms with Crippen LogP contribution in [0.2, 0.25) is 0 Å². The van der Waals surface area contributed by atoms with Gasteiger partial charge in [-0.3, -0.25) is 4.79 Å². The van der Waals surface area contributed by atoms with Gasteiger partial charge in [0.15, 0.2) is 5.76 Å². The van der Waals surface area contributed by atoms with Crippen molar-refractivity contribution >= 4 is 5.91 Å². The molecule has 0 bridgehead atoms. The van der Waals surface area contributed by atoms with Gasteiger partial charge in [-0.15, -0.1) is 0 Å². The van der Waals surface area contributed by atoms with Gasteiger partial charge in [0.25, 0.3) is 5.91 Å². The molecule has 0 unspecified atom stereocenters. The van der Waals surface area contributed by atoms with E-state index in [-0.39, 0.29) is 23.5 Å². The van der Waals surface area contributed by atoms with Crippen molar-refractivity contribution in [2.24, 2.45) is 0 Å². The molecule has 4 nitrogen and oxygen atoms in total. The number of rotatable bonds is 5. The van der Waals surface area contributed by atoms with Gasteiger partial charge in [-0.2, -0.15) is 0 Å². The molecule has 0 spiro atoms. The highest BCUT2D eigenvalue weighted by Gasteiger charge is 2.35. The number of carbonyl (C=O) groups excluding carboxylic acids is 1. The van der Waals surface area contributed by atoms with Crippen LogP contribution in [-0.4, -0.2) is 16.8 Å². The third kappa shape index (κ3) is 2.85. The van der Waals surface area contributed by atoms with E-state index in [1.165, 1.54) is 6.07 Å². The second-order valence-electron chi connectivity index (χ2n) is 5.89. The Hall–Kier alpha value is -2.82. The van der Waals surface area contributed by atoms with Gasteiger partial charge < -0.3 is 13.7 Å². The zero-order valence-electron chi connectivity index (χ0n) is 12.9. The molecule has 0 atom stereocenters. The third-order valence-corrected chi connectivity index (χ3v) is 4.11. The van der Waals surface area contributed by atoms with E-state index in [0.717, 1.165) is 18.6 Å². The van der Waals surface area contributed by atoms with Crippen molar-refractivity contribution < 1.29 is 18.0 Å². The highest BCUT2D eigenvalue weighted by molar-refractivity contribution is 5.92. The summed E-state index contributed by atoms with van der Waals surface area (Å²) in [6.45, 7) is 0.409. The molecule has 1 aliphatic rings. The number of benzene rings is 1. The van der Waals surface area contributed by atoms with Crippen molar-refractivity contribution in [2.45, 2.75) is 25.4 Å². The van der Waals surface area contributed by atoms with Crippen LogP contribution < -0.4 is 0 Å². The highest BCUT2D eigenvalue weighted by Crippen LogP contribution is 2.31. The Kier molecular flexibility index (Phi) is 3.69. The van der Waals surface area contributed by atoms with Crippen molar-refractivity contribution in [2.75, 3.05) is 0 Å². The fourth-order valence-corrected chi connectivity index (χ4v) is 2.72. The molecule has 1 aliphatic carbocycles. The summed E-state index contributed by atoms with van der Waals surface area (Å²) in [6, 6.07) is 13.4. The lowest BCUT2D eigenvalue weighted by Gasteiger charge is -2.19. The van der Waals surface area contributed by atoms with Crippen LogP contribution in [0, 0.1) is 5.82 Å². The second kappa shape index (κ2) is 6.00. The smallest absolute Gasteiger partial charge is 0.290 e. The third-order valence-electron chi connectivity index (χ3n) is 4.11. The number of furan rings is 2. The Morgan fingerprint density at radius 2 is 1.96 bits per heavy atom. The maximum Gasteiger partial charge on any atom is 0.290 e. The van der Waals surface area contributed by atoms with Crippen molar-refractivity contribution in [1.82, 2.24) is 4.90 Å². The van der Waals surface area contributed by atoms with E-state index >= 15 is 0 Å². The minimum absolute atomic E-state index is 0.198. The Labute approximate surface area is 138 Å². The highest BCUT2D eigenvalue weighted by atomic mass is 19.1. The van der Waals surface area contributed by atoms with E-state index in [1.807, 2.05) is 6.07 Å². The average Bonchev–Trinajstić information content (AvgIpc) is 3.10. The SMILES string of the molecule is O=C(c1ccc(-c2ccccc2F)o1)N(Cc1ccco1)C1CC1. The lowest BCUT2D eigenvalue weighted by molar-refractivity contribution is 0.0686. The van der Waals surface area contributed by atoms with Gasteiger partial charge in [-0.05, 0) is 49.2 Å². The number of nitrogens with zero attached hydrogens (tertiary/aromatic N) is 1. The Morgan fingerprint density at radius 1 is 1.12 bits per heavy atom. The van der Waals surface area contributed by atoms with Gasteiger partial charge >= 0.3 is 0 Å². The van der Waals surface area contributed by atoms with Crippen LogP contribution in [0.1, 0.15) is 29.2 Å². The monoisotopic (exact) mass is 325 g/mol. The minimum atomic E-state index is -0.375. The van der Waals surface area contributed by atoms with E-state index in [2.05, 4.69) is 0 Å². The Balaban J connectivity index is 1.58. The molecule has 0 saturated heterocycles. The maximum absolute atomic E-state index is 13.9. The standard InChI is InChI=1S/C19H16FNO3/c20-16-6-2-1-5-15(16)17-9-10-18(24-17)19(22)21(13-7-8-13)12-14-4-3-11-23-14/h1-6,9-11,13H,7-8,12H2. The molecule has 1 fully saturated rings. The first-order valence-corrected chi connectivity index (χ1v) is 7.90. The lowest BCUT2D eigenvalue weighted by atomic mass is 10.1. The fourth-order valence-electron chi connectivity index (χ4n) is 2.72. The summed E-state index contributed by atoms with van der Waals surface area (Å²) in [5.41, 5.74) is 0.348. The summed E-state index contributed by atoms with van der Waals surface area (Å²) in [6.07, 6.45) is 3.55. The zero-order valence-corrected chi connectivity index (χ0v) is 12.9. The predicted molar refractivity (Wildman–Crippen MR) is 85.7 cm³/mol. The first-order chi connectivity index (χ1) is 11.7. The second-order valence-corrected chi connectivity index (χ2v) is 5.89. The maximum atomic E-state index is 13.9. The number of hydrogen-bond acceptors (Lipinski definition) is 3. The summed E-state index contributed by atoms with van der Waals surface area (Å²) >= 11 is 0. The Morgan fingerprint density at radius 3 is 2.67 bits per heavy atom. The van der Waals surface area contributed by atoms with Gasteiger partial charge in [-0.25, -0.2) is 4.39 Å². The van der Waals surface area contributed by atoms with E-state index in [4.69, 9.17) is 8.83 Å². The molecule has 1 aromatic carbocycles. The minimum Gasteiger partial charge on any atom is -0.467 e. The lowest BCUT2D eigenvalue weighted by Crippen LogP contribution is -2.32. The molecule has 2 aromatic heterocycles. The number of hydrogen-bond donors (Lipinski definition) is 0. The van der Waals surface area contributed by atoms with Crippen LogP contribution in [0.25, 0.3) is 11.3 Å². The van der Waals surface area contributed by atoms with Crippen molar-refractivity contribution in [3.63, 3.8) is 0 Å². The van der Waals surface area contributed by atoms with E-state index in [9.17, 15) is 9.18 Å². The summed E-state index contributed by atoms with van der Waals surface area (Å²) < 4.78 is 24.8. The molecule has 24 heavy (non-hydrogen) atoms. The number of amides is 1. The van der Waals surface area contributed by atoms with Gasteiger partial charge in [0.1, 0.15) is 17.3 Å². The van der Waals surface area contributed by atoms with Crippen LogP contribution in [-0.2, 0) is 6.54 Å². The molecule has 4 rings (SSSR count). The summed E-state index contributed by atoms with van der Waals surface area (Å²) in [7, 11) is 0. The predicted octanol–water partition coefficient (Wildman–Crippen LogP) is 4.48. The average molecular weight is 325 g/mol. The molecule has 0 aliphatic heterocycles. The van der Waals surface area contributed by atoms with Crippen LogP contribution >= 0.6 is 0 Å². The van der Waals surface area contributed by atoms with Gasteiger partial charge in [0.2, 0.25) is 0 Å². The number of carbonyl (C=O) groups is 1. The molecule has 0 radical (unpaired) electrons. The normalized spacial score (nSPS) is 13.9. The van der Waals surface area contributed by atoms with Crippen molar-refractivity contribution in [3.05, 3.63) is 72.1 Å². The van der Waals surface area contributed by atoms with Crippen LogP contribution in [0.4, 0.5) is 4.39 Å². The molecule has 2 heterocycles. The van der Waals surface area contributed by atoms with E-state index in [1.54, 1.807) is 47.6 Å². The molecule has 0 N–H and O–H groups in total. The summed E-state index contributed by atoms with van der Waals surface area (Å²) in [5, 5.41) is 0. The van der Waals surface area contributed by atoms with Gasteiger partial charge in [0.05, 0.1) is 18.4 Å². The van der Waals surface area contributed by atoms with Crippen molar-refractivity contribution in [1.29, 1.82) is 0 Å².